The second kappa shape index (κ2) is 8.26. The largest absolute Gasteiger partial charge is 0.314 e. The van der Waals surface area contributed by atoms with Gasteiger partial charge < -0.3 is 10.2 Å². The van der Waals surface area contributed by atoms with E-state index in [4.69, 9.17) is 0 Å². The number of rotatable bonds is 10. The molecule has 112 valence electrons. The summed E-state index contributed by atoms with van der Waals surface area (Å²) < 4.78 is 0. The molecule has 1 aliphatic heterocycles. The Kier molecular flexibility index (Phi) is 6.66. The number of nitrogens with zero attached hydrogens (tertiary/aromatic N) is 1. The van der Waals surface area contributed by atoms with Crippen LogP contribution in [0.15, 0.2) is 0 Å². The molecule has 0 aromatic carbocycles. The predicted octanol–water partition coefficient (Wildman–Crippen LogP) is 3.81. The first-order chi connectivity index (χ1) is 9.29. The minimum absolute atomic E-state index is 0.719. The van der Waals surface area contributed by atoms with E-state index in [1.54, 1.807) is 0 Å². The van der Waals surface area contributed by atoms with E-state index in [2.05, 4.69) is 24.1 Å². The van der Waals surface area contributed by atoms with Crippen LogP contribution in [-0.2, 0) is 0 Å². The highest BCUT2D eigenvalue weighted by Gasteiger charge is 2.34. The van der Waals surface area contributed by atoms with Gasteiger partial charge in [-0.15, -0.1) is 0 Å². The summed E-state index contributed by atoms with van der Waals surface area (Å²) in [4.78, 5) is 2.72. The van der Waals surface area contributed by atoms with Gasteiger partial charge in [0.05, 0.1) is 0 Å². The van der Waals surface area contributed by atoms with E-state index in [1.165, 1.54) is 77.4 Å². The Morgan fingerprint density at radius 1 is 1.11 bits per heavy atom. The summed E-state index contributed by atoms with van der Waals surface area (Å²) in [6.45, 7) is 8.63. The van der Waals surface area contributed by atoms with Crippen molar-refractivity contribution in [1.29, 1.82) is 0 Å². The molecule has 2 aliphatic rings. The van der Waals surface area contributed by atoms with E-state index < -0.39 is 0 Å². The van der Waals surface area contributed by atoms with Gasteiger partial charge in [0.1, 0.15) is 0 Å². The lowest BCUT2D eigenvalue weighted by molar-refractivity contribution is 0.309. The fraction of sp³-hybridized carbons (Fsp3) is 1.00. The van der Waals surface area contributed by atoms with Crippen LogP contribution in [0, 0.1) is 5.92 Å². The molecule has 0 aromatic heterocycles. The van der Waals surface area contributed by atoms with Gasteiger partial charge in [0.25, 0.3) is 0 Å². The van der Waals surface area contributed by atoms with Crippen LogP contribution in [0.5, 0.6) is 0 Å². The molecule has 1 saturated carbocycles. The average Bonchev–Trinajstić information content (AvgIpc) is 3.15. The quantitative estimate of drug-likeness (QED) is 0.605. The van der Waals surface area contributed by atoms with E-state index in [-0.39, 0.29) is 0 Å². The van der Waals surface area contributed by atoms with Gasteiger partial charge >= 0.3 is 0 Å². The Hall–Kier alpha value is -0.0800. The fourth-order valence-electron chi connectivity index (χ4n) is 3.32. The second-order valence-corrected chi connectivity index (χ2v) is 6.89. The van der Waals surface area contributed by atoms with Crippen molar-refractivity contribution in [1.82, 2.24) is 10.2 Å². The summed E-state index contributed by atoms with van der Waals surface area (Å²) in [6.07, 6.45) is 12.8. The van der Waals surface area contributed by atoms with E-state index in [9.17, 15) is 0 Å². The maximum absolute atomic E-state index is 3.77. The lowest BCUT2D eigenvalue weighted by Crippen LogP contribution is -2.32. The number of hydrogen-bond acceptors (Lipinski definition) is 2. The lowest BCUT2D eigenvalue weighted by atomic mass is 10.1. The highest BCUT2D eigenvalue weighted by molar-refractivity contribution is 4.90. The van der Waals surface area contributed by atoms with Gasteiger partial charge in [0.15, 0.2) is 0 Å². The highest BCUT2D eigenvalue weighted by Crippen LogP contribution is 2.31. The zero-order valence-corrected chi connectivity index (χ0v) is 13.2. The van der Waals surface area contributed by atoms with Crippen molar-refractivity contribution in [2.45, 2.75) is 83.7 Å². The van der Waals surface area contributed by atoms with Crippen LogP contribution in [0.4, 0.5) is 0 Å². The monoisotopic (exact) mass is 266 g/mol. The first-order valence-electron chi connectivity index (χ1n) is 8.77. The Bertz CT molecular complexity index is 237. The van der Waals surface area contributed by atoms with Crippen molar-refractivity contribution in [2.24, 2.45) is 5.92 Å². The first-order valence-corrected chi connectivity index (χ1v) is 8.77. The molecule has 0 amide bonds. The zero-order valence-electron chi connectivity index (χ0n) is 13.2. The van der Waals surface area contributed by atoms with Gasteiger partial charge in [0, 0.05) is 18.6 Å². The predicted molar refractivity (Wildman–Crippen MR) is 83.5 cm³/mol. The Labute approximate surface area is 120 Å². The summed E-state index contributed by atoms with van der Waals surface area (Å²) in [7, 11) is 0. The summed E-state index contributed by atoms with van der Waals surface area (Å²) in [5, 5.41) is 3.77. The maximum atomic E-state index is 3.77. The van der Waals surface area contributed by atoms with Crippen LogP contribution in [-0.4, -0.2) is 36.6 Å². The van der Waals surface area contributed by atoms with Crippen molar-refractivity contribution in [3.05, 3.63) is 0 Å². The topological polar surface area (TPSA) is 15.3 Å². The van der Waals surface area contributed by atoms with Crippen LogP contribution >= 0.6 is 0 Å². The van der Waals surface area contributed by atoms with Gasteiger partial charge in [-0.3, -0.25) is 0 Å². The highest BCUT2D eigenvalue weighted by atomic mass is 15.2. The molecule has 0 aromatic rings. The maximum Gasteiger partial charge on any atom is 0.00965 e. The van der Waals surface area contributed by atoms with Crippen LogP contribution in [0.1, 0.15) is 71.6 Å². The number of hydrogen-bond donors (Lipinski definition) is 1. The van der Waals surface area contributed by atoms with Gasteiger partial charge in [0.2, 0.25) is 0 Å². The molecule has 2 atom stereocenters. The normalized spacial score (nSPS) is 25.9. The van der Waals surface area contributed by atoms with Crippen molar-refractivity contribution in [3.8, 4) is 0 Å². The number of unbranched alkanes of at least 4 members (excludes halogenated alkanes) is 4. The Morgan fingerprint density at radius 3 is 2.63 bits per heavy atom. The SMILES string of the molecule is CCCCCCCC(C)NCC1CCN(C2CC2)C1. The van der Waals surface area contributed by atoms with Crippen LogP contribution in [0.25, 0.3) is 0 Å². The van der Waals surface area contributed by atoms with Gasteiger partial charge in [-0.1, -0.05) is 39.0 Å². The van der Waals surface area contributed by atoms with E-state index in [1.807, 2.05) is 0 Å². The minimum atomic E-state index is 0.719. The Balaban J connectivity index is 1.46. The summed E-state index contributed by atoms with van der Waals surface area (Å²) in [6, 6.07) is 1.69. The molecule has 2 rings (SSSR count). The molecule has 0 radical (unpaired) electrons. The standard InChI is InChI=1S/C17H34N2/c1-3-4-5-6-7-8-15(2)18-13-16-11-12-19(14-16)17-9-10-17/h15-18H,3-14H2,1-2H3. The third kappa shape index (κ3) is 5.83. The average molecular weight is 266 g/mol. The molecule has 19 heavy (non-hydrogen) atoms. The van der Waals surface area contributed by atoms with E-state index in [0.29, 0.717) is 0 Å². The minimum Gasteiger partial charge on any atom is -0.314 e. The molecule has 0 bridgehead atoms. The van der Waals surface area contributed by atoms with Gasteiger partial charge in [-0.2, -0.15) is 0 Å². The summed E-state index contributed by atoms with van der Waals surface area (Å²) >= 11 is 0. The van der Waals surface area contributed by atoms with E-state index in [0.717, 1.165) is 18.0 Å². The fourth-order valence-corrected chi connectivity index (χ4v) is 3.32. The van der Waals surface area contributed by atoms with Crippen molar-refractivity contribution in [2.75, 3.05) is 19.6 Å². The van der Waals surface area contributed by atoms with Gasteiger partial charge in [-0.05, 0) is 51.6 Å². The second-order valence-electron chi connectivity index (χ2n) is 6.89. The van der Waals surface area contributed by atoms with Crippen LogP contribution in [0.2, 0.25) is 0 Å². The molecule has 2 fully saturated rings. The molecule has 2 heteroatoms. The molecular weight excluding hydrogens is 232 g/mol. The van der Waals surface area contributed by atoms with Crippen molar-refractivity contribution < 1.29 is 0 Å². The van der Waals surface area contributed by atoms with E-state index >= 15 is 0 Å². The van der Waals surface area contributed by atoms with Crippen molar-refractivity contribution >= 4 is 0 Å². The third-order valence-electron chi connectivity index (χ3n) is 4.88. The molecule has 1 heterocycles. The van der Waals surface area contributed by atoms with Crippen LogP contribution in [0.3, 0.4) is 0 Å². The number of likely N-dealkylation sites (tertiary alicyclic amines) is 1. The van der Waals surface area contributed by atoms with Gasteiger partial charge in [-0.25, -0.2) is 0 Å². The molecule has 2 nitrogen and oxygen atoms in total. The third-order valence-corrected chi connectivity index (χ3v) is 4.88. The molecule has 1 N–H and O–H groups in total. The smallest absolute Gasteiger partial charge is 0.00965 e. The van der Waals surface area contributed by atoms with Crippen molar-refractivity contribution in [3.63, 3.8) is 0 Å². The lowest BCUT2D eigenvalue weighted by Gasteiger charge is -2.18. The Morgan fingerprint density at radius 2 is 1.89 bits per heavy atom. The zero-order chi connectivity index (χ0) is 13.5. The molecule has 1 aliphatic carbocycles. The first kappa shape index (κ1) is 15.3. The molecule has 0 spiro atoms. The molecule has 2 unspecified atom stereocenters. The number of nitrogens with one attached hydrogen (secondary N) is 1. The molecule has 1 saturated heterocycles. The van der Waals surface area contributed by atoms with Crippen LogP contribution < -0.4 is 5.32 Å². The summed E-state index contributed by atoms with van der Waals surface area (Å²) in [5.41, 5.74) is 0. The molecular formula is C17H34N2. The summed E-state index contributed by atoms with van der Waals surface area (Å²) in [5.74, 6) is 0.920.